The van der Waals surface area contributed by atoms with E-state index in [0.29, 0.717) is 19.6 Å². The Kier molecular flexibility index (Phi) is 6.18. The molecule has 0 aliphatic carbocycles. The first-order valence-corrected chi connectivity index (χ1v) is 8.61. The maximum absolute atomic E-state index is 11.8. The zero-order chi connectivity index (χ0) is 15.7. The van der Waals surface area contributed by atoms with Gasteiger partial charge in [-0.05, 0) is 30.2 Å². The first-order chi connectivity index (χ1) is 10.7. The van der Waals surface area contributed by atoms with Crippen LogP contribution in [0.3, 0.4) is 0 Å². The molecule has 0 aliphatic heterocycles. The normalized spacial score (nSPS) is 11.6. The van der Waals surface area contributed by atoms with Gasteiger partial charge in [-0.3, -0.25) is 0 Å². The van der Waals surface area contributed by atoms with Crippen molar-refractivity contribution < 1.29 is 13.2 Å². The van der Waals surface area contributed by atoms with Crippen LogP contribution in [-0.4, -0.2) is 21.6 Å². The van der Waals surface area contributed by atoms with Crippen LogP contribution in [0, 0.1) is 0 Å². The monoisotopic (exact) mass is 317 g/mol. The van der Waals surface area contributed by atoms with E-state index in [1.807, 2.05) is 60.7 Å². The van der Waals surface area contributed by atoms with E-state index in [1.54, 1.807) is 6.08 Å². The fraction of sp³-hybridized carbons (Fsp3) is 0.176. The molecular weight excluding hydrogens is 298 g/mol. The number of benzene rings is 2. The molecule has 0 saturated carbocycles. The fourth-order valence-corrected chi connectivity index (χ4v) is 2.64. The minimum Gasteiger partial charge on any atom is -0.494 e. The number of sulfonamides is 1. The summed E-state index contributed by atoms with van der Waals surface area (Å²) in [5.41, 5.74) is 0.847. The van der Waals surface area contributed by atoms with E-state index in [1.165, 1.54) is 5.41 Å². The maximum Gasteiger partial charge on any atom is 0.233 e. The van der Waals surface area contributed by atoms with Gasteiger partial charge >= 0.3 is 0 Å². The minimum atomic E-state index is -3.41. The van der Waals surface area contributed by atoms with E-state index < -0.39 is 10.0 Å². The second-order valence-electron chi connectivity index (χ2n) is 4.67. The molecule has 22 heavy (non-hydrogen) atoms. The van der Waals surface area contributed by atoms with Gasteiger partial charge in [-0.1, -0.05) is 48.5 Å². The number of hydrogen-bond donors (Lipinski definition) is 1. The molecule has 2 rings (SSSR count). The summed E-state index contributed by atoms with van der Waals surface area (Å²) in [4.78, 5) is 0. The molecule has 0 radical (unpaired) electrons. The Morgan fingerprint density at radius 3 is 2.27 bits per heavy atom. The molecule has 0 aliphatic rings. The summed E-state index contributed by atoms with van der Waals surface area (Å²) in [7, 11) is -3.41. The Bertz CT molecular complexity index is 682. The zero-order valence-electron chi connectivity index (χ0n) is 12.2. The second kappa shape index (κ2) is 8.36. The summed E-state index contributed by atoms with van der Waals surface area (Å²) in [5.74, 6) is 0.786. The highest BCUT2D eigenvalue weighted by Gasteiger charge is 2.03. The van der Waals surface area contributed by atoms with Crippen molar-refractivity contribution in [3.8, 4) is 5.75 Å². The zero-order valence-corrected chi connectivity index (χ0v) is 13.0. The molecule has 0 amide bonds. The Hall–Kier alpha value is -2.11. The van der Waals surface area contributed by atoms with Gasteiger partial charge in [0.05, 0.1) is 6.61 Å². The third-order valence-electron chi connectivity index (χ3n) is 2.88. The number of ether oxygens (including phenoxy) is 1. The second-order valence-corrected chi connectivity index (χ2v) is 6.32. The number of nitrogens with one attached hydrogen (secondary N) is 1. The van der Waals surface area contributed by atoms with Gasteiger partial charge in [-0.25, -0.2) is 13.1 Å². The summed E-state index contributed by atoms with van der Waals surface area (Å²) >= 11 is 0. The average Bonchev–Trinajstić information content (AvgIpc) is 2.55. The van der Waals surface area contributed by atoms with E-state index in [-0.39, 0.29) is 0 Å². The molecule has 0 unspecified atom stereocenters. The van der Waals surface area contributed by atoms with Gasteiger partial charge in [-0.15, -0.1) is 0 Å². The first kappa shape index (κ1) is 16.3. The molecule has 1 N–H and O–H groups in total. The lowest BCUT2D eigenvalue weighted by atomic mass is 10.2. The highest BCUT2D eigenvalue weighted by Crippen LogP contribution is 2.08. The average molecular weight is 317 g/mol. The summed E-state index contributed by atoms with van der Waals surface area (Å²) in [6.07, 6.45) is 2.18. The molecule has 116 valence electrons. The van der Waals surface area contributed by atoms with Gasteiger partial charge in [0.15, 0.2) is 0 Å². The molecule has 0 heterocycles. The molecule has 4 nitrogen and oxygen atoms in total. The number of rotatable bonds is 8. The van der Waals surface area contributed by atoms with E-state index >= 15 is 0 Å². The Labute approximate surface area is 131 Å². The Morgan fingerprint density at radius 2 is 1.59 bits per heavy atom. The molecule has 0 atom stereocenters. The predicted molar refractivity (Wildman–Crippen MR) is 89.0 cm³/mol. The lowest BCUT2D eigenvalue weighted by molar-refractivity contribution is 0.311. The maximum atomic E-state index is 11.8. The van der Waals surface area contributed by atoms with Gasteiger partial charge < -0.3 is 4.74 Å². The molecule has 0 saturated heterocycles. The third kappa shape index (κ3) is 6.11. The molecule has 0 bridgehead atoms. The SMILES string of the molecule is O=S(=O)(/C=C/c1ccccc1)NCCCOc1ccccc1. The standard InChI is InChI=1S/C17H19NO3S/c19-22(20,15-12-16-8-3-1-4-9-16)18-13-7-14-21-17-10-5-2-6-11-17/h1-6,8-12,15,18H,7,13-14H2/b15-12+. The minimum absolute atomic E-state index is 0.342. The van der Waals surface area contributed by atoms with Gasteiger partial charge in [0.1, 0.15) is 5.75 Å². The van der Waals surface area contributed by atoms with Crippen LogP contribution in [0.15, 0.2) is 66.1 Å². The van der Waals surface area contributed by atoms with Crippen molar-refractivity contribution in [3.63, 3.8) is 0 Å². The summed E-state index contributed by atoms with van der Waals surface area (Å²) in [6.45, 7) is 0.809. The van der Waals surface area contributed by atoms with Gasteiger partial charge in [0.25, 0.3) is 0 Å². The van der Waals surface area contributed by atoms with Crippen LogP contribution in [0.2, 0.25) is 0 Å². The van der Waals surface area contributed by atoms with Crippen molar-refractivity contribution in [2.75, 3.05) is 13.2 Å². The fourth-order valence-electron chi connectivity index (χ4n) is 1.77. The largest absolute Gasteiger partial charge is 0.494 e. The van der Waals surface area contributed by atoms with Crippen LogP contribution >= 0.6 is 0 Å². The topological polar surface area (TPSA) is 55.4 Å². The molecule has 2 aromatic rings. The molecule has 0 fully saturated rings. The smallest absolute Gasteiger partial charge is 0.233 e. The van der Waals surface area contributed by atoms with E-state index in [9.17, 15) is 8.42 Å². The van der Waals surface area contributed by atoms with Crippen LogP contribution in [-0.2, 0) is 10.0 Å². The third-order valence-corrected chi connectivity index (χ3v) is 3.98. The van der Waals surface area contributed by atoms with Crippen molar-refractivity contribution in [2.45, 2.75) is 6.42 Å². The molecule has 0 spiro atoms. The highest BCUT2D eigenvalue weighted by molar-refractivity contribution is 7.92. The highest BCUT2D eigenvalue weighted by atomic mass is 32.2. The first-order valence-electron chi connectivity index (χ1n) is 7.06. The Morgan fingerprint density at radius 1 is 0.955 bits per heavy atom. The molecule has 2 aromatic carbocycles. The van der Waals surface area contributed by atoms with Crippen LogP contribution < -0.4 is 9.46 Å². The van der Waals surface area contributed by atoms with Crippen LogP contribution in [0.1, 0.15) is 12.0 Å². The quantitative estimate of drug-likeness (QED) is 0.761. The molecule has 0 aromatic heterocycles. The van der Waals surface area contributed by atoms with E-state index in [0.717, 1.165) is 11.3 Å². The van der Waals surface area contributed by atoms with Crippen LogP contribution in [0.25, 0.3) is 6.08 Å². The molecular formula is C17H19NO3S. The molecule has 5 heteroatoms. The Balaban J connectivity index is 1.70. The summed E-state index contributed by atoms with van der Waals surface area (Å²) in [5, 5.41) is 1.18. The number of hydrogen-bond acceptors (Lipinski definition) is 3. The van der Waals surface area contributed by atoms with Gasteiger partial charge in [0.2, 0.25) is 10.0 Å². The van der Waals surface area contributed by atoms with Crippen LogP contribution in [0.5, 0.6) is 5.75 Å². The predicted octanol–water partition coefficient (Wildman–Crippen LogP) is 3.05. The van der Waals surface area contributed by atoms with Crippen molar-refractivity contribution in [3.05, 3.63) is 71.6 Å². The van der Waals surface area contributed by atoms with E-state index in [2.05, 4.69) is 4.72 Å². The van der Waals surface area contributed by atoms with Crippen molar-refractivity contribution >= 4 is 16.1 Å². The lowest BCUT2D eigenvalue weighted by Crippen LogP contribution is -2.23. The number of para-hydroxylation sites is 1. The van der Waals surface area contributed by atoms with Gasteiger partial charge in [0, 0.05) is 12.0 Å². The van der Waals surface area contributed by atoms with Crippen molar-refractivity contribution in [1.82, 2.24) is 4.72 Å². The van der Waals surface area contributed by atoms with Gasteiger partial charge in [-0.2, -0.15) is 0 Å². The van der Waals surface area contributed by atoms with E-state index in [4.69, 9.17) is 4.74 Å². The lowest BCUT2D eigenvalue weighted by Gasteiger charge is -2.06. The van der Waals surface area contributed by atoms with Crippen molar-refractivity contribution in [1.29, 1.82) is 0 Å². The van der Waals surface area contributed by atoms with Crippen molar-refractivity contribution in [2.24, 2.45) is 0 Å². The summed E-state index contributed by atoms with van der Waals surface area (Å²) in [6, 6.07) is 18.7. The summed E-state index contributed by atoms with van der Waals surface area (Å²) < 4.78 is 31.6. The van der Waals surface area contributed by atoms with Crippen LogP contribution in [0.4, 0.5) is 0 Å².